The zero-order chi connectivity index (χ0) is 13.8. The maximum absolute atomic E-state index is 6.20. The van der Waals surface area contributed by atoms with Gasteiger partial charge in [0, 0.05) is 11.1 Å². The van der Waals surface area contributed by atoms with Gasteiger partial charge in [0.2, 0.25) is 0 Å². The summed E-state index contributed by atoms with van der Waals surface area (Å²) in [7, 11) is 0. The second-order valence-corrected chi connectivity index (χ2v) is 6.38. The van der Waals surface area contributed by atoms with E-state index in [1.165, 1.54) is 12.8 Å². The minimum absolute atomic E-state index is 0.117. The Balaban J connectivity index is 2.10. The Hall–Kier alpha value is -0.730. The molecule has 1 aromatic rings. The van der Waals surface area contributed by atoms with Gasteiger partial charge < -0.3 is 10.5 Å². The van der Waals surface area contributed by atoms with Crippen molar-refractivity contribution in [2.24, 2.45) is 11.7 Å². The lowest BCUT2D eigenvalue weighted by molar-refractivity contribution is 0.128. The molecule has 0 spiro atoms. The summed E-state index contributed by atoms with van der Waals surface area (Å²) in [4.78, 5) is 0. The van der Waals surface area contributed by atoms with Crippen molar-refractivity contribution in [2.75, 3.05) is 0 Å². The molecule has 2 nitrogen and oxygen atoms in total. The van der Waals surface area contributed by atoms with Crippen LogP contribution in [0, 0.1) is 5.92 Å². The van der Waals surface area contributed by atoms with Crippen molar-refractivity contribution in [1.82, 2.24) is 0 Å². The monoisotopic (exact) mass is 281 g/mol. The van der Waals surface area contributed by atoms with Gasteiger partial charge in [-0.2, -0.15) is 0 Å². The molecule has 1 aliphatic carbocycles. The maximum Gasteiger partial charge on any atom is 0.123 e. The Morgan fingerprint density at radius 1 is 1.42 bits per heavy atom. The minimum Gasteiger partial charge on any atom is -0.490 e. The first-order valence-electron chi connectivity index (χ1n) is 7.25. The standard InChI is InChI=1S/C16H24ClNO/c1-11-4-3-5-15(8-11)19-16-7-6-14(17)10-13(16)9-12(2)18/h6-7,10-12,15H,3-5,8-9,18H2,1-2H3. The molecule has 1 saturated carbocycles. The van der Waals surface area contributed by atoms with Crippen molar-refractivity contribution in [3.63, 3.8) is 0 Å². The third kappa shape index (κ3) is 4.39. The molecule has 0 aromatic heterocycles. The van der Waals surface area contributed by atoms with Crippen molar-refractivity contribution in [3.8, 4) is 5.75 Å². The fraction of sp³-hybridized carbons (Fsp3) is 0.625. The van der Waals surface area contributed by atoms with Crippen molar-refractivity contribution in [1.29, 1.82) is 0 Å². The SMILES string of the molecule is CC(N)Cc1cc(Cl)ccc1OC1CCCC(C)C1. The normalized spacial score (nSPS) is 25.1. The van der Waals surface area contributed by atoms with Crippen molar-refractivity contribution in [2.45, 2.75) is 58.1 Å². The van der Waals surface area contributed by atoms with E-state index in [4.69, 9.17) is 22.1 Å². The number of hydrogen-bond acceptors (Lipinski definition) is 2. The molecule has 3 atom stereocenters. The van der Waals surface area contributed by atoms with Crippen LogP contribution in [0.15, 0.2) is 18.2 Å². The third-order valence-corrected chi connectivity index (χ3v) is 3.98. The van der Waals surface area contributed by atoms with Crippen molar-refractivity contribution < 1.29 is 4.74 Å². The average molecular weight is 282 g/mol. The minimum atomic E-state index is 0.117. The van der Waals surface area contributed by atoms with Crippen LogP contribution in [-0.2, 0) is 6.42 Å². The molecule has 1 aromatic carbocycles. The zero-order valence-electron chi connectivity index (χ0n) is 11.9. The predicted molar refractivity (Wildman–Crippen MR) is 80.9 cm³/mol. The van der Waals surface area contributed by atoms with E-state index < -0.39 is 0 Å². The van der Waals surface area contributed by atoms with Crippen molar-refractivity contribution >= 4 is 11.6 Å². The molecule has 0 saturated heterocycles. The fourth-order valence-corrected chi connectivity index (χ4v) is 3.03. The summed E-state index contributed by atoms with van der Waals surface area (Å²) in [6, 6.07) is 5.98. The Morgan fingerprint density at radius 2 is 2.21 bits per heavy atom. The summed E-state index contributed by atoms with van der Waals surface area (Å²) in [5.41, 5.74) is 7.03. The quantitative estimate of drug-likeness (QED) is 0.898. The van der Waals surface area contributed by atoms with Gasteiger partial charge in [0.25, 0.3) is 0 Å². The van der Waals surface area contributed by atoms with E-state index in [1.54, 1.807) is 0 Å². The number of rotatable bonds is 4. The molecule has 3 heteroatoms. The Morgan fingerprint density at radius 3 is 2.89 bits per heavy atom. The van der Waals surface area contributed by atoms with E-state index in [2.05, 4.69) is 6.92 Å². The van der Waals surface area contributed by atoms with Crippen LogP contribution in [0.4, 0.5) is 0 Å². The largest absolute Gasteiger partial charge is 0.490 e. The summed E-state index contributed by atoms with van der Waals surface area (Å²) >= 11 is 6.07. The summed E-state index contributed by atoms with van der Waals surface area (Å²) in [6.07, 6.45) is 6.05. The summed E-state index contributed by atoms with van der Waals surface area (Å²) in [5, 5.41) is 0.750. The molecule has 106 valence electrons. The molecule has 0 amide bonds. The average Bonchev–Trinajstić information content (AvgIpc) is 2.32. The van der Waals surface area contributed by atoms with E-state index in [9.17, 15) is 0 Å². The van der Waals surface area contributed by atoms with Gasteiger partial charge in [-0.15, -0.1) is 0 Å². The third-order valence-electron chi connectivity index (χ3n) is 3.75. The molecule has 3 unspecified atom stereocenters. The lowest BCUT2D eigenvalue weighted by atomic mass is 9.88. The van der Waals surface area contributed by atoms with Crippen molar-refractivity contribution in [3.05, 3.63) is 28.8 Å². The second-order valence-electron chi connectivity index (χ2n) is 5.95. The molecule has 2 rings (SSSR count). The molecular weight excluding hydrogens is 258 g/mol. The second kappa shape index (κ2) is 6.62. The van der Waals surface area contributed by atoms with Gasteiger partial charge in [0.1, 0.15) is 5.75 Å². The van der Waals surface area contributed by atoms with Crippen LogP contribution in [0.25, 0.3) is 0 Å². The van der Waals surface area contributed by atoms with E-state index in [0.717, 1.165) is 41.5 Å². The lowest BCUT2D eigenvalue weighted by Crippen LogP contribution is -2.25. The van der Waals surface area contributed by atoms with Gasteiger partial charge >= 0.3 is 0 Å². The van der Waals surface area contributed by atoms with Gasteiger partial charge in [0.05, 0.1) is 6.10 Å². The van der Waals surface area contributed by atoms with Gasteiger partial charge in [-0.05, 0) is 62.3 Å². The highest BCUT2D eigenvalue weighted by Crippen LogP contribution is 2.30. The number of benzene rings is 1. The van der Waals surface area contributed by atoms with Crippen LogP contribution >= 0.6 is 11.6 Å². The first-order valence-corrected chi connectivity index (χ1v) is 7.63. The maximum atomic E-state index is 6.20. The Labute approximate surface area is 121 Å². The highest BCUT2D eigenvalue weighted by atomic mass is 35.5. The van der Waals surface area contributed by atoms with Gasteiger partial charge in [-0.25, -0.2) is 0 Å². The molecular formula is C16H24ClNO. The summed E-state index contributed by atoms with van der Waals surface area (Å²) in [5.74, 6) is 1.73. The number of nitrogens with two attached hydrogens (primary N) is 1. The smallest absolute Gasteiger partial charge is 0.123 e. The predicted octanol–water partition coefficient (Wildman–Crippen LogP) is 4.19. The summed E-state index contributed by atoms with van der Waals surface area (Å²) < 4.78 is 6.20. The van der Waals surface area contributed by atoms with Gasteiger partial charge in [0.15, 0.2) is 0 Å². The highest BCUT2D eigenvalue weighted by molar-refractivity contribution is 6.30. The van der Waals surface area contributed by atoms with Crippen LogP contribution in [0.3, 0.4) is 0 Å². The lowest BCUT2D eigenvalue weighted by Gasteiger charge is -2.28. The molecule has 1 aliphatic rings. The number of halogens is 1. The zero-order valence-corrected chi connectivity index (χ0v) is 12.6. The van der Waals surface area contributed by atoms with Crippen LogP contribution in [0.5, 0.6) is 5.75 Å². The van der Waals surface area contributed by atoms with E-state index in [1.807, 2.05) is 25.1 Å². The highest BCUT2D eigenvalue weighted by Gasteiger charge is 2.21. The van der Waals surface area contributed by atoms with Crippen LogP contribution < -0.4 is 10.5 Å². The fourth-order valence-electron chi connectivity index (χ4n) is 2.83. The Bertz CT molecular complexity index is 419. The molecule has 2 N–H and O–H groups in total. The first-order chi connectivity index (χ1) is 9.04. The van der Waals surface area contributed by atoms with E-state index in [0.29, 0.717) is 6.10 Å². The molecule has 0 heterocycles. The van der Waals surface area contributed by atoms with Crippen LogP contribution in [0.1, 0.15) is 45.1 Å². The summed E-state index contributed by atoms with van der Waals surface area (Å²) in [6.45, 7) is 4.31. The number of ether oxygens (including phenoxy) is 1. The molecule has 0 aliphatic heterocycles. The number of hydrogen-bond donors (Lipinski definition) is 1. The molecule has 0 bridgehead atoms. The van der Waals surface area contributed by atoms with Crippen LogP contribution in [0.2, 0.25) is 5.02 Å². The molecule has 19 heavy (non-hydrogen) atoms. The first kappa shape index (κ1) is 14.7. The molecule has 1 fully saturated rings. The van der Waals surface area contributed by atoms with Gasteiger partial charge in [-0.1, -0.05) is 24.9 Å². The van der Waals surface area contributed by atoms with Gasteiger partial charge in [-0.3, -0.25) is 0 Å². The van der Waals surface area contributed by atoms with E-state index >= 15 is 0 Å². The van der Waals surface area contributed by atoms with E-state index in [-0.39, 0.29) is 6.04 Å². The topological polar surface area (TPSA) is 35.2 Å². The Kier molecular flexibility index (Phi) is 5.12. The molecule has 0 radical (unpaired) electrons. The van der Waals surface area contributed by atoms with Crippen LogP contribution in [-0.4, -0.2) is 12.1 Å².